The van der Waals surface area contributed by atoms with E-state index in [2.05, 4.69) is 5.32 Å². The van der Waals surface area contributed by atoms with Crippen molar-refractivity contribution in [3.8, 4) is 0 Å². The maximum Gasteiger partial charge on any atom is 0.1000 e. The molecular formula is C9H15NOS. The predicted octanol–water partition coefficient (Wildman–Crippen LogP) is 1.57. The summed E-state index contributed by atoms with van der Waals surface area (Å²) in [5.74, 6) is 0. The van der Waals surface area contributed by atoms with E-state index >= 15 is 0 Å². The van der Waals surface area contributed by atoms with Crippen molar-refractivity contribution < 1.29 is 5.11 Å². The Balaban J connectivity index is 2.59. The zero-order valence-electron chi connectivity index (χ0n) is 7.50. The van der Waals surface area contributed by atoms with E-state index in [0.717, 1.165) is 12.1 Å². The summed E-state index contributed by atoms with van der Waals surface area (Å²) in [6.45, 7) is 5.36. The number of hydrogen-bond donors (Lipinski definition) is 2. The van der Waals surface area contributed by atoms with Crippen molar-refractivity contribution in [2.75, 3.05) is 13.1 Å². The van der Waals surface area contributed by atoms with Gasteiger partial charge in [-0.25, -0.2) is 0 Å². The highest BCUT2D eigenvalue weighted by Crippen LogP contribution is 2.21. The molecule has 0 bridgehead atoms. The van der Waals surface area contributed by atoms with E-state index in [1.807, 2.05) is 30.7 Å². The Morgan fingerprint density at radius 2 is 2.42 bits per heavy atom. The van der Waals surface area contributed by atoms with Gasteiger partial charge in [0.25, 0.3) is 0 Å². The van der Waals surface area contributed by atoms with Crippen molar-refractivity contribution in [2.45, 2.75) is 19.4 Å². The van der Waals surface area contributed by atoms with Gasteiger partial charge in [-0.05, 0) is 35.9 Å². The molecule has 0 amide bonds. The summed E-state index contributed by atoms with van der Waals surface area (Å²) in [7, 11) is 0. The molecule has 68 valence electrons. The van der Waals surface area contributed by atoms with E-state index in [0.29, 0.717) is 6.54 Å². The Morgan fingerprint density at radius 3 is 2.92 bits per heavy atom. The summed E-state index contributed by atoms with van der Waals surface area (Å²) in [4.78, 5) is 0. The van der Waals surface area contributed by atoms with Gasteiger partial charge in [0, 0.05) is 6.54 Å². The van der Waals surface area contributed by atoms with Crippen LogP contribution in [0.2, 0.25) is 0 Å². The summed E-state index contributed by atoms with van der Waals surface area (Å²) in [5, 5.41) is 17.0. The van der Waals surface area contributed by atoms with Gasteiger partial charge in [0.15, 0.2) is 0 Å². The first-order chi connectivity index (χ1) is 5.67. The smallest absolute Gasteiger partial charge is 0.1000 e. The second kappa shape index (κ2) is 4.03. The van der Waals surface area contributed by atoms with E-state index in [4.69, 9.17) is 0 Å². The molecule has 1 heterocycles. The maximum absolute atomic E-state index is 9.95. The Morgan fingerprint density at radius 1 is 1.67 bits per heavy atom. The van der Waals surface area contributed by atoms with Gasteiger partial charge < -0.3 is 10.4 Å². The lowest BCUT2D eigenvalue weighted by molar-refractivity contribution is 0.0580. The van der Waals surface area contributed by atoms with Crippen molar-refractivity contribution in [2.24, 2.45) is 0 Å². The molecule has 0 saturated heterocycles. The third kappa shape index (κ3) is 2.30. The summed E-state index contributed by atoms with van der Waals surface area (Å²) in [5.41, 5.74) is 0.268. The van der Waals surface area contributed by atoms with Crippen LogP contribution in [0.15, 0.2) is 16.8 Å². The minimum absolute atomic E-state index is 0.611. The zero-order valence-corrected chi connectivity index (χ0v) is 8.32. The molecule has 0 saturated carbocycles. The molecule has 0 radical (unpaired) electrons. The van der Waals surface area contributed by atoms with E-state index in [1.54, 1.807) is 11.3 Å². The van der Waals surface area contributed by atoms with Crippen LogP contribution in [0, 0.1) is 0 Å². The molecule has 0 aliphatic carbocycles. The summed E-state index contributed by atoms with van der Waals surface area (Å²) < 4.78 is 0. The van der Waals surface area contributed by atoms with Crippen LogP contribution in [-0.2, 0) is 5.60 Å². The topological polar surface area (TPSA) is 32.3 Å². The Labute approximate surface area is 77.2 Å². The average molecular weight is 185 g/mol. The molecule has 0 aromatic carbocycles. The normalized spacial score (nSPS) is 15.9. The minimum Gasteiger partial charge on any atom is -0.384 e. The van der Waals surface area contributed by atoms with E-state index in [9.17, 15) is 5.11 Å². The highest BCUT2D eigenvalue weighted by molar-refractivity contribution is 7.08. The molecule has 1 aromatic rings. The first-order valence-electron chi connectivity index (χ1n) is 4.12. The largest absolute Gasteiger partial charge is 0.384 e. The van der Waals surface area contributed by atoms with E-state index in [-0.39, 0.29) is 0 Å². The Hall–Kier alpha value is -0.380. The van der Waals surface area contributed by atoms with Crippen LogP contribution in [0.25, 0.3) is 0 Å². The minimum atomic E-state index is -0.726. The fourth-order valence-electron chi connectivity index (χ4n) is 1.04. The average Bonchev–Trinajstić information content (AvgIpc) is 2.53. The highest BCUT2D eigenvalue weighted by atomic mass is 32.1. The molecule has 1 unspecified atom stereocenters. The van der Waals surface area contributed by atoms with E-state index in [1.165, 1.54) is 0 Å². The summed E-state index contributed by atoms with van der Waals surface area (Å²) >= 11 is 1.61. The highest BCUT2D eigenvalue weighted by Gasteiger charge is 2.22. The quantitative estimate of drug-likeness (QED) is 0.746. The van der Waals surface area contributed by atoms with Crippen LogP contribution >= 0.6 is 11.3 Å². The maximum atomic E-state index is 9.95. The SMILES string of the molecule is CCNCC(C)(O)c1ccsc1. The number of aliphatic hydroxyl groups is 1. The Bertz CT molecular complexity index is 218. The molecule has 1 rings (SSSR count). The van der Waals surface area contributed by atoms with Crippen LogP contribution in [0.4, 0.5) is 0 Å². The van der Waals surface area contributed by atoms with Crippen molar-refractivity contribution >= 4 is 11.3 Å². The molecule has 12 heavy (non-hydrogen) atoms. The van der Waals surface area contributed by atoms with Gasteiger partial charge in [0.05, 0.1) is 5.60 Å². The third-order valence-electron chi connectivity index (χ3n) is 1.86. The fourth-order valence-corrected chi connectivity index (χ4v) is 1.82. The zero-order chi connectivity index (χ0) is 9.03. The lowest BCUT2D eigenvalue weighted by Gasteiger charge is -2.22. The number of hydrogen-bond acceptors (Lipinski definition) is 3. The van der Waals surface area contributed by atoms with Gasteiger partial charge in [0.1, 0.15) is 0 Å². The molecular weight excluding hydrogens is 170 g/mol. The standard InChI is InChI=1S/C9H15NOS/c1-3-10-7-9(2,11)8-4-5-12-6-8/h4-6,10-11H,3,7H2,1-2H3. The van der Waals surface area contributed by atoms with Crippen LogP contribution < -0.4 is 5.32 Å². The van der Waals surface area contributed by atoms with Gasteiger partial charge >= 0.3 is 0 Å². The lowest BCUT2D eigenvalue weighted by Crippen LogP contribution is -2.34. The second-order valence-electron chi connectivity index (χ2n) is 3.07. The van der Waals surface area contributed by atoms with Crippen LogP contribution in [0.1, 0.15) is 19.4 Å². The molecule has 1 atom stereocenters. The Kier molecular flexibility index (Phi) is 3.26. The molecule has 2 nitrogen and oxygen atoms in total. The fraction of sp³-hybridized carbons (Fsp3) is 0.556. The van der Waals surface area contributed by atoms with Crippen LogP contribution in [-0.4, -0.2) is 18.2 Å². The molecule has 0 fully saturated rings. The monoisotopic (exact) mass is 185 g/mol. The molecule has 0 aliphatic heterocycles. The molecule has 1 aromatic heterocycles. The van der Waals surface area contributed by atoms with Gasteiger partial charge in [-0.3, -0.25) is 0 Å². The molecule has 2 N–H and O–H groups in total. The van der Waals surface area contributed by atoms with Crippen molar-refractivity contribution in [1.82, 2.24) is 5.32 Å². The first-order valence-corrected chi connectivity index (χ1v) is 5.07. The third-order valence-corrected chi connectivity index (χ3v) is 2.55. The van der Waals surface area contributed by atoms with Crippen molar-refractivity contribution in [3.63, 3.8) is 0 Å². The number of likely N-dealkylation sites (N-methyl/N-ethyl adjacent to an activating group) is 1. The lowest BCUT2D eigenvalue weighted by atomic mass is 9.99. The number of nitrogens with one attached hydrogen (secondary N) is 1. The second-order valence-corrected chi connectivity index (χ2v) is 3.85. The summed E-state index contributed by atoms with van der Waals surface area (Å²) in [6, 6.07) is 1.96. The molecule has 0 aliphatic rings. The van der Waals surface area contributed by atoms with E-state index < -0.39 is 5.60 Å². The van der Waals surface area contributed by atoms with Gasteiger partial charge in [-0.1, -0.05) is 6.92 Å². The van der Waals surface area contributed by atoms with Gasteiger partial charge in [-0.15, -0.1) is 0 Å². The number of rotatable bonds is 4. The van der Waals surface area contributed by atoms with Crippen LogP contribution in [0.3, 0.4) is 0 Å². The predicted molar refractivity (Wildman–Crippen MR) is 52.4 cm³/mol. The summed E-state index contributed by atoms with van der Waals surface area (Å²) in [6.07, 6.45) is 0. The number of thiophene rings is 1. The van der Waals surface area contributed by atoms with Crippen molar-refractivity contribution in [1.29, 1.82) is 0 Å². The van der Waals surface area contributed by atoms with Crippen molar-refractivity contribution in [3.05, 3.63) is 22.4 Å². The first kappa shape index (κ1) is 9.71. The van der Waals surface area contributed by atoms with Gasteiger partial charge in [0.2, 0.25) is 0 Å². The van der Waals surface area contributed by atoms with Gasteiger partial charge in [-0.2, -0.15) is 11.3 Å². The molecule has 3 heteroatoms. The van der Waals surface area contributed by atoms with Crippen LogP contribution in [0.5, 0.6) is 0 Å². The molecule has 0 spiro atoms.